The number of rotatable bonds is 5. The van der Waals surface area contributed by atoms with E-state index in [0.29, 0.717) is 24.7 Å². The largest absolute Gasteiger partial charge is 0.486 e. The van der Waals surface area contributed by atoms with Crippen molar-refractivity contribution in [3.8, 4) is 11.5 Å². The summed E-state index contributed by atoms with van der Waals surface area (Å²) in [5.74, 6) is 0.634. The van der Waals surface area contributed by atoms with Crippen LogP contribution in [0.2, 0.25) is 0 Å². The van der Waals surface area contributed by atoms with Crippen molar-refractivity contribution in [3.63, 3.8) is 0 Å². The van der Waals surface area contributed by atoms with Gasteiger partial charge >= 0.3 is 5.97 Å². The molecule has 0 aromatic heterocycles. The number of methoxy groups -OCH3 is 1. The Hall–Kier alpha value is -2.58. The Morgan fingerprint density at radius 1 is 1.12 bits per heavy atom. The maximum atomic E-state index is 12.6. The Morgan fingerprint density at radius 2 is 1.85 bits per heavy atom. The van der Waals surface area contributed by atoms with Crippen molar-refractivity contribution in [1.82, 2.24) is 4.72 Å². The van der Waals surface area contributed by atoms with Crippen LogP contribution in [0.25, 0.3) is 0 Å². The van der Waals surface area contributed by atoms with Crippen molar-refractivity contribution in [1.29, 1.82) is 0 Å². The van der Waals surface area contributed by atoms with Crippen LogP contribution in [0.3, 0.4) is 0 Å². The number of benzene rings is 2. The van der Waals surface area contributed by atoms with Crippen molar-refractivity contribution in [2.24, 2.45) is 0 Å². The molecule has 3 rings (SSSR count). The molecular formula is C18H19NO6S. The third-order valence-electron chi connectivity index (χ3n) is 3.96. The molecule has 2 aromatic carbocycles. The van der Waals surface area contributed by atoms with Crippen LogP contribution in [0, 0.1) is 0 Å². The summed E-state index contributed by atoms with van der Waals surface area (Å²) in [4.78, 5) is 11.6. The van der Waals surface area contributed by atoms with Crippen LogP contribution in [0.4, 0.5) is 0 Å². The lowest BCUT2D eigenvalue weighted by molar-refractivity contribution is 0.0600. The van der Waals surface area contributed by atoms with Crippen LogP contribution in [0.1, 0.15) is 28.9 Å². The van der Waals surface area contributed by atoms with E-state index in [1.54, 1.807) is 25.1 Å². The van der Waals surface area contributed by atoms with Gasteiger partial charge in [0.25, 0.3) is 0 Å². The molecule has 0 amide bonds. The fourth-order valence-corrected chi connectivity index (χ4v) is 3.88. The Kier molecular flexibility index (Phi) is 5.15. The molecule has 1 heterocycles. The number of hydrogen-bond donors (Lipinski definition) is 1. The lowest BCUT2D eigenvalue weighted by Crippen LogP contribution is -2.27. The quantitative estimate of drug-likeness (QED) is 0.804. The number of ether oxygens (including phenoxy) is 3. The summed E-state index contributed by atoms with van der Waals surface area (Å²) in [6, 6.07) is 10.5. The molecule has 8 heteroatoms. The smallest absolute Gasteiger partial charge is 0.337 e. The summed E-state index contributed by atoms with van der Waals surface area (Å²) in [7, 11) is -2.58. The first-order chi connectivity index (χ1) is 12.4. The van der Waals surface area contributed by atoms with Crippen LogP contribution in [-0.2, 0) is 14.8 Å². The molecule has 1 unspecified atom stereocenters. The second kappa shape index (κ2) is 7.35. The average Bonchev–Trinajstić information content (AvgIpc) is 2.66. The standard InChI is InChI=1S/C18H19NO6S/c1-12(13-6-7-16-17(11-13)25-9-8-24-16)19-26(21,22)15-5-3-4-14(10-15)18(20)23-2/h3-7,10-12,19H,8-9H2,1-2H3. The Bertz CT molecular complexity index is 925. The first-order valence-corrected chi connectivity index (χ1v) is 9.49. The van der Waals surface area contributed by atoms with Gasteiger partial charge < -0.3 is 14.2 Å². The van der Waals surface area contributed by atoms with E-state index in [4.69, 9.17) is 9.47 Å². The second-order valence-corrected chi connectivity index (χ2v) is 7.48. The highest BCUT2D eigenvalue weighted by molar-refractivity contribution is 7.89. The zero-order valence-electron chi connectivity index (χ0n) is 14.4. The third kappa shape index (κ3) is 3.81. The van der Waals surface area contributed by atoms with Gasteiger partial charge in [0.2, 0.25) is 10.0 Å². The zero-order valence-corrected chi connectivity index (χ0v) is 15.2. The molecule has 26 heavy (non-hydrogen) atoms. The average molecular weight is 377 g/mol. The van der Waals surface area contributed by atoms with Crippen molar-refractivity contribution in [2.45, 2.75) is 17.9 Å². The highest BCUT2D eigenvalue weighted by atomic mass is 32.2. The molecule has 138 valence electrons. The van der Waals surface area contributed by atoms with Crippen LogP contribution in [0.5, 0.6) is 11.5 Å². The minimum atomic E-state index is -3.82. The number of hydrogen-bond acceptors (Lipinski definition) is 6. The summed E-state index contributed by atoms with van der Waals surface area (Å²) >= 11 is 0. The summed E-state index contributed by atoms with van der Waals surface area (Å²) in [6.45, 7) is 2.68. The molecule has 0 saturated heterocycles. The SMILES string of the molecule is COC(=O)c1cccc(S(=O)(=O)NC(C)c2ccc3c(c2)OCCO3)c1. The van der Waals surface area contributed by atoms with Crippen molar-refractivity contribution >= 4 is 16.0 Å². The van der Waals surface area contributed by atoms with Crippen molar-refractivity contribution in [3.05, 3.63) is 53.6 Å². The Morgan fingerprint density at radius 3 is 2.58 bits per heavy atom. The minimum absolute atomic E-state index is 0.00945. The normalized spacial score (nSPS) is 14.5. The molecular weight excluding hydrogens is 358 g/mol. The molecule has 0 radical (unpaired) electrons. The van der Waals surface area contributed by atoms with E-state index >= 15 is 0 Å². The maximum Gasteiger partial charge on any atom is 0.337 e. The predicted octanol–water partition coefficient (Wildman–Crippen LogP) is 2.28. The van der Waals surface area contributed by atoms with Gasteiger partial charge in [0, 0.05) is 6.04 Å². The van der Waals surface area contributed by atoms with Gasteiger partial charge in [-0.15, -0.1) is 0 Å². The molecule has 1 atom stereocenters. The Balaban J connectivity index is 1.82. The van der Waals surface area contributed by atoms with Gasteiger partial charge in [-0.1, -0.05) is 12.1 Å². The number of carbonyl (C=O) groups excluding carboxylic acids is 1. The molecule has 0 aliphatic carbocycles. The van der Waals surface area contributed by atoms with Crippen LogP contribution in [-0.4, -0.2) is 34.7 Å². The van der Waals surface area contributed by atoms with Gasteiger partial charge in [-0.3, -0.25) is 0 Å². The van der Waals surface area contributed by atoms with E-state index in [1.165, 1.54) is 31.4 Å². The fraction of sp³-hybridized carbons (Fsp3) is 0.278. The van der Waals surface area contributed by atoms with E-state index in [-0.39, 0.29) is 10.5 Å². The summed E-state index contributed by atoms with van der Waals surface area (Å²) < 4.78 is 43.5. The number of esters is 1. The lowest BCUT2D eigenvalue weighted by atomic mass is 10.1. The van der Waals surface area contributed by atoms with E-state index in [0.717, 1.165) is 5.56 Å². The highest BCUT2D eigenvalue weighted by Crippen LogP contribution is 2.33. The van der Waals surface area contributed by atoms with Gasteiger partial charge in [0.05, 0.1) is 17.6 Å². The maximum absolute atomic E-state index is 12.6. The topological polar surface area (TPSA) is 90.9 Å². The third-order valence-corrected chi connectivity index (χ3v) is 5.50. The van der Waals surface area contributed by atoms with Gasteiger partial charge in [0.1, 0.15) is 13.2 Å². The fourth-order valence-electron chi connectivity index (χ4n) is 2.61. The number of nitrogens with one attached hydrogen (secondary N) is 1. The van der Waals surface area contributed by atoms with Crippen molar-refractivity contribution < 1.29 is 27.4 Å². The van der Waals surface area contributed by atoms with E-state index in [2.05, 4.69) is 9.46 Å². The van der Waals surface area contributed by atoms with Crippen LogP contribution >= 0.6 is 0 Å². The minimum Gasteiger partial charge on any atom is -0.486 e. The summed E-state index contributed by atoms with van der Waals surface area (Å²) in [5.41, 5.74) is 0.907. The first kappa shape index (κ1) is 18.2. The first-order valence-electron chi connectivity index (χ1n) is 8.01. The van der Waals surface area contributed by atoms with Gasteiger partial charge in [-0.2, -0.15) is 0 Å². The van der Waals surface area contributed by atoms with Gasteiger partial charge in [-0.25, -0.2) is 17.9 Å². The Labute approximate surface area is 151 Å². The number of fused-ring (bicyclic) bond motifs is 1. The summed E-state index contributed by atoms with van der Waals surface area (Å²) in [6.07, 6.45) is 0. The molecule has 0 bridgehead atoms. The van der Waals surface area contributed by atoms with Gasteiger partial charge in [-0.05, 0) is 42.8 Å². The molecule has 1 aliphatic heterocycles. The van der Waals surface area contributed by atoms with Crippen LogP contribution < -0.4 is 14.2 Å². The highest BCUT2D eigenvalue weighted by Gasteiger charge is 2.21. The molecule has 1 N–H and O–H groups in total. The number of sulfonamides is 1. The molecule has 7 nitrogen and oxygen atoms in total. The van der Waals surface area contributed by atoms with Gasteiger partial charge in [0.15, 0.2) is 11.5 Å². The van der Waals surface area contributed by atoms with E-state index in [1.807, 2.05) is 0 Å². The molecule has 0 spiro atoms. The lowest BCUT2D eigenvalue weighted by Gasteiger charge is -2.21. The molecule has 1 aliphatic rings. The second-order valence-electron chi connectivity index (χ2n) is 5.77. The summed E-state index contributed by atoms with van der Waals surface area (Å²) in [5, 5.41) is 0. The van der Waals surface area contributed by atoms with E-state index < -0.39 is 22.0 Å². The monoisotopic (exact) mass is 377 g/mol. The number of carbonyl (C=O) groups is 1. The zero-order chi connectivity index (χ0) is 18.7. The molecule has 0 fully saturated rings. The molecule has 0 saturated carbocycles. The van der Waals surface area contributed by atoms with Crippen LogP contribution in [0.15, 0.2) is 47.4 Å². The predicted molar refractivity (Wildman–Crippen MR) is 94.0 cm³/mol. The van der Waals surface area contributed by atoms with Crippen molar-refractivity contribution in [2.75, 3.05) is 20.3 Å². The molecule has 2 aromatic rings. The van der Waals surface area contributed by atoms with E-state index in [9.17, 15) is 13.2 Å².